The SMILES string of the molecule is OCCn1cc(CNc2ccc(F)c(Cl)c2)nn1. The Morgan fingerprint density at radius 2 is 2.28 bits per heavy atom. The van der Waals surface area contributed by atoms with E-state index in [0.717, 1.165) is 5.69 Å². The third kappa shape index (κ3) is 3.18. The Balaban J connectivity index is 1.95. The van der Waals surface area contributed by atoms with E-state index in [4.69, 9.17) is 16.7 Å². The van der Waals surface area contributed by atoms with Crippen LogP contribution >= 0.6 is 11.6 Å². The second kappa shape index (κ2) is 5.79. The summed E-state index contributed by atoms with van der Waals surface area (Å²) < 4.78 is 14.5. The molecule has 2 rings (SSSR count). The van der Waals surface area contributed by atoms with Crippen molar-refractivity contribution in [2.75, 3.05) is 11.9 Å². The van der Waals surface area contributed by atoms with Gasteiger partial charge in [-0.25, -0.2) is 9.07 Å². The molecule has 0 saturated heterocycles. The number of aliphatic hydroxyl groups is 1. The lowest BCUT2D eigenvalue weighted by Gasteiger charge is -2.04. The average Bonchev–Trinajstić information content (AvgIpc) is 2.79. The van der Waals surface area contributed by atoms with Crippen molar-refractivity contribution < 1.29 is 9.50 Å². The summed E-state index contributed by atoms with van der Waals surface area (Å²) in [7, 11) is 0. The molecule has 0 amide bonds. The van der Waals surface area contributed by atoms with Crippen LogP contribution in [0.1, 0.15) is 5.69 Å². The van der Waals surface area contributed by atoms with E-state index in [9.17, 15) is 4.39 Å². The molecule has 0 atom stereocenters. The monoisotopic (exact) mass is 270 g/mol. The van der Waals surface area contributed by atoms with E-state index in [1.54, 1.807) is 16.9 Å². The van der Waals surface area contributed by atoms with Gasteiger partial charge < -0.3 is 10.4 Å². The van der Waals surface area contributed by atoms with Crippen LogP contribution in [0.15, 0.2) is 24.4 Å². The fourth-order valence-electron chi connectivity index (χ4n) is 1.43. The number of hydrogen-bond donors (Lipinski definition) is 2. The maximum Gasteiger partial charge on any atom is 0.141 e. The number of anilines is 1. The van der Waals surface area contributed by atoms with Crippen molar-refractivity contribution in [2.45, 2.75) is 13.1 Å². The molecule has 0 aliphatic heterocycles. The Bertz CT molecular complexity index is 532. The summed E-state index contributed by atoms with van der Waals surface area (Å²) in [4.78, 5) is 0. The van der Waals surface area contributed by atoms with Gasteiger partial charge in [-0.1, -0.05) is 16.8 Å². The first-order chi connectivity index (χ1) is 8.69. The highest BCUT2D eigenvalue weighted by Crippen LogP contribution is 2.19. The molecule has 2 N–H and O–H groups in total. The van der Waals surface area contributed by atoms with E-state index in [1.807, 2.05) is 0 Å². The van der Waals surface area contributed by atoms with Gasteiger partial charge in [0.25, 0.3) is 0 Å². The van der Waals surface area contributed by atoms with E-state index < -0.39 is 5.82 Å². The van der Waals surface area contributed by atoms with Crippen LogP contribution in [0, 0.1) is 5.82 Å². The van der Waals surface area contributed by atoms with Crippen LogP contribution in [-0.2, 0) is 13.1 Å². The number of halogens is 2. The van der Waals surface area contributed by atoms with Gasteiger partial charge in [0.15, 0.2) is 0 Å². The molecule has 0 spiro atoms. The molecule has 0 radical (unpaired) electrons. The summed E-state index contributed by atoms with van der Waals surface area (Å²) in [6.45, 7) is 0.882. The maximum atomic E-state index is 12.9. The first-order valence-electron chi connectivity index (χ1n) is 5.38. The molecule has 0 saturated carbocycles. The van der Waals surface area contributed by atoms with Crippen LogP contribution in [0.3, 0.4) is 0 Å². The van der Waals surface area contributed by atoms with E-state index in [0.29, 0.717) is 18.8 Å². The third-order valence-electron chi connectivity index (χ3n) is 2.31. The molecule has 5 nitrogen and oxygen atoms in total. The standard InChI is InChI=1S/C11H12ClFN4O/c12-10-5-8(1-2-11(10)13)14-6-9-7-17(3-4-18)16-15-9/h1-2,5,7,14,18H,3-4,6H2. The second-order valence-electron chi connectivity index (χ2n) is 3.68. The van der Waals surface area contributed by atoms with Crippen molar-refractivity contribution in [2.24, 2.45) is 0 Å². The molecule has 96 valence electrons. The van der Waals surface area contributed by atoms with Gasteiger partial charge in [0.2, 0.25) is 0 Å². The zero-order chi connectivity index (χ0) is 13.0. The highest BCUT2D eigenvalue weighted by atomic mass is 35.5. The Morgan fingerprint density at radius 3 is 3.00 bits per heavy atom. The Labute approximate surface area is 108 Å². The van der Waals surface area contributed by atoms with Gasteiger partial charge in [0.05, 0.1) is 30.9 Å². The van der Waals surface area contributed by atoms with E-state index >= 15 is 0 Å². The molecular formula is C11H12ClFN4O. The number of nitrogens with one attached hydrogen (secondary N) is 1. The summed E-state index contributed by atoms with van der Waals surface area (Å²) in [5.74, 6) is -0.448. The Hall–Kier alpha value is -1.66. The Kier molecular flexibility index (Phi) is 4.11. The van der Waals surface area contributed by atoms with Crippen LogP contribution in [0.4, 0.5) is 10.1 Å². The molecule has 1 aromatic heterocycles. The predicted octanol–water partition coefficient (Wildman–Crippen LogP) is 1.67. The molecule has 0 aliphatic rings. The molecule has 7 heteroatoms. The van der Waals surface area contributed by atoms with Crippen molar-refractivity contribution >= 4 is 17.3 Å². The van der Waals surface area contributed by atoms with Crippen molar-refractivity contribution in [3.63, 3.8) is 0 Å². The minimum Gasteiger partial charge on any atom is -0.394 e. The van der Waals surface area contributed by atoms with Crippen LogP contribution in [0.5, 0.6) is 0 Å². The van der Waals surface area contributed by atoms with Gasteiger partial charge in [-0.3, -0.25) is 0 Å². The number of aliphatic hydroxyl groups excluding tert-OH is 1. The number of aromatic nitrogens is 3. The fourth-order valence-corrected chi connectivity index (χ4v) is 1.61. The molecule has 0 fully saturated rings. The lowest BCUT2D eigenvalue weighted by molar-refractivity contribution is 0.268. The largest absolute Gasteiger partial charge is 0.394 e. The predicted molar refractivity (Wildman–Crippen MR) is 65.8 cm³/mol. The van der Waals surface area contributed by atoms with E-state index in [-0.39, 0.29) is 11.6 Å². The second-order valence-corrected chi connectivity index (χ2v) is 4.09. The smallest absolute Gasteiger partial charge is 0.141 e. The van der Waals surface area contributed by atoms with Crippen LogP contribution in [0.2, 0.25) is 5.02 Å². The van der Waals surface area contributed by atoms with Gasteiger partial charge in [-0.05, 0) is 18.2 Å². The number of nitrogens with zero attached hydrogens (tertiary/aromatic N) is 3. The lowest BCUT2D eigenvalue weighted by atomic mass is 10.3. The van der Waals surface area contributed by atoms with Crippen molar-refractivity contribution in [3.05, 3.63) is 40.9 Å². The van der Waals surface area contributed by atoms with Gasteiger partial charge in [0, 0.05) is 5.69 Å². The number of benzene rings is 1. The highest BCUT2D eigenvalue weighted by molar-refractivity contribution is 6.31. The molecule has 1 heterocycles. The summed E-state index contributed by atoms with van der Waals surface area (Å²) in [5, 5.41) is 19.6. The molecule has 0 aliphatic carbocycles. The number of hydrogen-bond acceptors (Lipinski definition) is 4. The highest BCUT2D eigenvalue weighted by Gasteiger charge is 2.03. The van der Waals surface area contributed by atoms with Crippen molar-refractivity contribution in [1.82, 2.24) is 15.0 Å². The average molecular weight is 271 g/mol. The van der Waals surface area contributed by atoms with Crippen molar-refractivity contribution in [1.29, 1.82) is 0 Å². The first kappa shape index (κ1) is 12.8. The first-order valence-corrected chi connectivity index (χ1v) is 5.75. The van der Waals surface area contributed by atoms with Crippen LogP contribution in [-0.4, -0.2) is 26.7 Å². The molecule has 0 unspecified atom stereocenters. The zero-order valence-electron chi connectivity index (χ0n) is 9.48. The minimum atomic E-state index is -0.448. The van der Waals surface area contributed by atoms with Crippen molar-refractivity contribution in [3.8, 4) is 0 Å². The van der Waals surface area contributed by atoms with Crippen LogP contribution < -0.4 is 5.32 Å². The van der Waals surface area contributed by atoms with E-state index in [1.165, 1.54) is 12.1 Å². The quantitative estimate of drug-likeness (QED) is 0.868. The maximum absolute atomic E-state index is 12.9. The third-order valence-corrected chi connectivity index (χ3v) is 2.60. The Morgan fingerprint density at radius 1 is 1.44 bits per heavy atom. The zero-order valence-corrected chi connectivity index (χ0v) is 10.2. The summed E-state index contributed by atoms with van der Waals surface area (Å²) >= 11 is 5.67. The lowest BCUT2D eigenvalue weighted by Crippen LogP contribution is -2.02. The molecular weight excluding hydrogens is 259 g/mol. The minimum absolute atomic E-state index is 0.0177. The molecule has 18 heavy (non-hydrogen) atoms. The normalized spacial score (nSPS) is 10.6. The molecule has 0 bridgehead atoms. The van der Waals surface area contributed by atoms with E-state index in [2.05, 4.69) is 15.6 Å². The number of rotatable bonds is 5. The summed E-state index contributed by atoms with van der Waals surface area (Å²) in [5.41, 5.74) is 1.43. The van der Waals surface area contributed by atoms with Crippen LogP contribution in [0.25, 0.3) is 0 Å². The van der Waals surface area contributed by atoms with Gasteiger partial charge >= 0.3 is 0 Å². The fraction of sp³-hybridized carbons (Fsp3) is 0.273. The topological polar surface area (TPSA) is 63.0 Å². The molecule has 1 aromatic carbocycles. The van der Waals surface area contributed by atoms with Gasteiger partial charge in [0.1, 0.15) is 11.5 Å². The van der Waals surface area contributed by atoms with Gasteiger partial charge in [-0.2, -0.15) is 0 Å². The summed E-state index contributed by atoms with van der Waals surface area (Å²) in [6, 6.07) is 4.40. The van der Waals surface area contributed by atoms with Gasteiger partial charge in [-0.15, -0.1) is 5.10 Å². The molecule has 2 aromatic rings. The summed E-state index contributed by atoms with van der Waals surface area (Å²) in [6.07, 6.45) is 1.73.